The van der Waals surface area contributed by atoms with Gasteiger partial charge >= 0.3 is 0 Å². The predicted molar refractivity (Wildman–Crippen MR) is 146 cm³/mol. The van der Waals surface area contributed by atoms with Gasteiger partial charge in [-0.3, -0.25) is 0 Å². The zero-order valence-electron chi connectivity index (χ0n) is 21.7. The lowest BCUT2D eigenvalue weighted by Gasteiger charge is -2.43. The number of methoxy groups -OCH3 is 1. The average Bonchev–Trinajstić information content (AvgIpc) is 2.87. The van der Waals surface area contributed by atoms with E-state index in [0.29, 0.717) is 26.2 Å². The van der Waals surface area contributed by atoms with E-state index in [1.807, 2.05) is 24.3 Å². The van der Waals surface area contributed by atoms with E-state index in [1.165, 1.54) is 10.4 Å². The molecule has 0 saturated heterocycles. The van der Waals surface area contributed by atoms with Crippen LogP contribution in [0.15, 0.2) is 84.9 Å². The maximum absolute atomic E-state index is 10.9. The van der Waals surface area contributed by atoms with Gasteiger partial charge in [0.2, 0.25) is 0 Å². The second-order valence-corrected chi connectivity index (χ2v) is 14.5. The van der Waals surface area contributed by atoms with Crippen molar-refractivity contribution in [2.24, 2.45) is 5.92 Å². The Balaban J connectivity index is 1.64. The molecule has 0 spiro atoms. The fourth-order valence-corrected chi connectivity index (χ4v) is 9.20. The topological polar surface area (TPSA) is 47.9 Å². The Labute approximate surface area is 212 Å². The first-order valence-corrected chi connectivity index (χ1v) is 14.3. The SMILES string of the molecule is COc1ccc(COCC[C@H](O)[C@@H](C)CO[Si](c2ccccc2)(c2ccccc2)C(C)(C)C)cc1. The summed E-state index contributed by atoms with van der Waals surface area (Å²) in [6.45, 7) is 10.4. The highest BCUT2D eigenvalue weighted by Crippen LogP contribution is 2.37. The van der Waals surface area contributed by atoms with Crippen molar-refractivity contribution in [2.45, 2.75) is 51.9 Å². The number of aliphatic hydroxyl groups excluding tert-OH is 1. The Bertz CT molecular complexity index is 961. The van der Waals surface area contributed by atoms with Crippen LogP contribution in [0.4, 0.5) is 0 Å². The molecular weight excluding hydrogens is 452 g/mol. The molecule has 0 unspecified atom stereocenters. The van der Waals surface area contributed by atoms with Gasteiger partial charge < -0.3 is 19.0 Å². The van der Waals surface area contributed by atoms with Crippen LogP contribution in [0, 0.1) is 5.92 Å². The summed E-state index contributed by atoms with van der Waals surface area (Å²) in [5.74, 6) is 0.820. The van der Waals surface area contributed by atoms with E-state index in [2.05, 4.69) is 88.4 Å². The summed E-state index contributed by atoms with van der Waals surface area (Å²) in [6, 6.07) is 29.1. The third-order valence-corrected chi connectivity index (χ3v) is 11.6. The Morgan fingerprint density at radius 2 is 1.37 bits per heavy atom. The molecule has 0 fully saturated rings. The van der Waals surface area contributed by atoms with Crippen molar-refractivity contribution in [2.75, 3.05) is 20.3 Å². The summed E-state index contributed by atoms with van der Waals surface area (Å²) < 4.78 is 18.0. The Kier molecular flexibility index (Phi) is 9.69. The van der Waals surface area contributed by atoms with Crippen molar-refractivity contribution in [3.63, 3.8) is 0 Å². The van der Waals surface area contributed by atoms with Crippen LogP contribution in [0.1, 0.15) is 39.7 Å². The fraction of sp³-hybridized carbons (Fsp3) is 0.400. The van der Waals surface area contributed by atoms with Gasteiger partial charge in [0.05, 0.1) is 19.8 Å². The molecular formula is C30H40O4Si. The molecule has 5 heteroatoms. The highest BCUT2D eigenvalue weighted by Gasteiger charge is 2.50. The minimum atomic E-state index is -2.60. The number of aliphatic hydroxyl groups is 1. The van der Waals surface area contributed by atoms with Crippen LogP contribution in [0.2, 0.25) is 5.04 Å². The van der Waals surface area contributed by atoms with Crippen molar-refractivity contribution < 1.29 is 19.0 Å². The van der Waals surface area contributed by atoms with Gasteiger partial charge in [0.1, 0.15) is 5.75 Å². The monoisotopic (exact) mass is 492 g/mol. The Hall–Kier alpha value is -2.44. The molecule has 2 atom stereocenters. The molecule has 0 aliphatic rings. The van der Waals surface area contributed by atoms with Crippen molar-refractivity contribution in [3.05, 3.63) is 90.5 Å². The number of benzene rings is 3. The first-order valence-electron chi connectivity index (χ1n) is 12.4. The van der Waals surface area contributed by atoms with E-state index in [0.717, 1.165) is 11.3 Å². The van der Waals surface area contributed by atoms with Crippen molar-refractivity contribution in [3.8, 4) is 5.75 Å². The maximum atomic E-state index is 10.9. The summed E-state index contributed by atoms with van der Waals surface area (Å²) >= 11 is 0. The van der Waals surface area contributed by atoms with Crippen LogP contribution < -0.4 is 15.1 Å². The summed E-state index contributed by atoms with van der Waals surface area (Å²) in [5.41, 5.74) is 1.09. The summed E-state index contributed by atoms with van der Waals surface area (Å²) in [4.78, 5) is 0. The normalized spacial score (nSPS) is 13.9. The molecule has 0 radical (unpaired) electrons. The highest BCUT2D eigenvalue weighted by atomic mass is 28.4. The molecule has 0 bridgehead atoms. The zero-order valence-corrected chi connectivity index (χ0v) is 22.7. The average molecular weight is 493 g/mol. The molecule has 35 heavy (non-hydrogen) atoms. The molecule has 188 valence electrons. The van der Waals surface area contributed by atoms with Crippen molar-refractivity contribution in [1.82, 2.24) is 0 Å². The first-order chi connectivity index (χ1) is 16.8. The number of hydrogen-bond donors (Lipinski definition) is 1. The predicted octanol–water partition coefficient (Wildman–Crippen LogP) is 5.18. The molecule has 3 aromatic carbocycles. The van der Waals surface area contributed by atoms with E-state index in [9.17, 15) is 5.11 Å². The third-order valence-electron chi connectivity index (χ3n) is 6.62. The van der Waals surface area contributed by atoms with E-state index in [-0.39, 0.29) is 11.0 Å². The first kappa shape index (κ1) is 27.1. The molecule has 3 aromatic rings. The van der Waals surface area contributed by atoms with Crippen LogP contribution in [0.25, 0.3) is 0 Å². The highest BCUT2D eigenvalue weighted by molar-refractivity contribution is 6.99. The molecule has 0 saturated carbocycles. The second kappa shape index (κ2) is 12.5. The Morgan fingerprint density at radius 3 is 1.86 bits per heavy atom. The van der Waals surface area contributed by atoms with Crippen LogP contribution >= 0.6 is 0 Å². The number of rotatable bonds is 12. The summed E-state index contributed by atoms with van der Waals surface area (Å²) in [5, 5.41) is 13.3. The molecule has 4 nitrogen and oxygen atoms in total. The van der Waals surface area contributed by atoms with Crippen molar-refractivity contribution >= 4 is 18.7 Å². The van der Waals surface area contributed by atoms with Gasteiger partial charge in [-0.25, -0.2) is 0 Å². The molecule has 0 heterocycles. The molecule has 3 rings (SSSR count). The van der Waals surface area contributed by atoms with Crippen LogP contribution in [0.5, 0.6) is 5.75 Å². The van der Waals surface area contributed by atoms with E-state index < -0.39 is 14.4 Å². The van der Waals surface area contributed by atoms with Gasteiger partial charge in [-0.15, -0.1) is 0 Å². The van der Waals surface area contributed by atoms with Gasteiger partial charge in [0.25, 0.3) is 8.32 Å². The van der Waals surface area contributed by atoms with Gasteiger partial charge in [-0.05, 0) is 39.5 Å². The molecule has 0 aliphatic heterocycles. The minimum Gasteiger partial charge on any atom is -0.497 e. The standard InChI is InChI=1S/C30H40O4Si/c1-24(29(31)20-21-33-23-25-16-18-26(32-5)19-17-25)22-34-35(30(2,3)4,27-12-8-6-9-13-27)28-14-10-7-11-15-28/h6-19,24,29,31H,20-23H2,1-5H3/t24-,29-/m0/s1. The summed E-state index contributed by atoms with van der Waals surface area (Å²) in [7, 11) is -0.942. The lowest BCUT2D eigenvalue weighted by atomic mass is 10.0. The van der Waals surface area contributed by atoms with Crippen LogP contribution in [-0.4, -0.2) is 39.9 Å². The smallest absolute Gasteiger partial charge is 0.261 e. The molecule has 0 aromatic heterocycles. The second-order valence-electron chi connectivity index (χ2n) is 10.2. The molecule has 0 aliphatic carbocycles. The third kappa shape index (κ3) is 6.82. The van der Waals surface area contributed by atoms with Crippen LogP contribution in [-0.2, 0) is 15.8 Å². The minimum absolute atomic E-state index is 0.0127. The summed E-state index contributed by atoms with van der Waals surface area (Å²) in [6.07, 6.45) is 0.0746. The lowest BCUT2D eigenvalue weighted by Crippen LogP contribution is -2.67. The van der Waals surface area contributed by atoms with E-state index in [4.69, 9.17) is 13.9 Å². The lowest BCUT2D eigenvalue weighted by molar-refractivity contribution is 0.0347. The van der Waals surface area contributed by atoms with Gasteiger partial charge in [0.15, 0.2) is 0 Å². The van der Waals surface area contributed by atoms with Gasteiger partial charge in [-0.1, -0.05) is 100 Å². The number of hydrogen-bond acceptors (Lipinski definition) is 4. The molecule has 1 N–H and O–H groups in total. The maximum Gasteiger partial charge on any atom is 0.261 e. The fourth-order valence-electron chi connectivity index (χ4n) is 4.53. The zero-order chi connectivity index (χ0) is 25.3. The van der Waals surface area contributed by atoms with E-state index >= 15 is 0 Å². The van der Waals surface area contributed by atoms with E-state index in [1.54, 1.807) is 7.11 Å². The van der Waals surface area contributed by atoms with Gasteiger partial charge in [-0.2, -0.15) is 0 Å². The number of ether oxygens (including phenoxy) is 2. The quantitative estimate of drug-likeness (QED) is 0.280. The van der Waals surface area contributed by atoms with Gasteiger partial charge in [0, 0.05) is 19.1 Å². The van der Waals surface area contributed by atoms with Crippen LogP contribution in [0.3, 0.4) is 0 Å². The Morgan fingerprint density at radius 1 is 0.829 bits per heavy atom. The van der Waals surface area contributed by atoms with Crippen molar-refractivity contribution in [1.29, 1.82) is 0 Å². The molecule has 0 amide bonds. The largest absolute Gasteiger partial charge is 0.497 e.